The maximum atomic E-state index is 14.3. The molecular formula is C104H137N6O18+. The Morgan fingerprint density at radius 2 is 0.781 bits per heavy atom. The minimum Gasteiger partial charge on any atom is -0.497 e. The summed E-state index contributed by atoms with van der Waals surface area (Å²) in [6.45, 7) is 13.6. The van der Waals surface area contributed by atoms with Crippen molar-refractivity contribution < 1.29 is 91.5 Å². The number of hydrogen-bond donors (Lipinski definition) is 4. The first-order valence-electron chi connectivity index (χ1n) is 44.3. The molecule has 0 unspecified atom stereocenters. The number of anilines is 1. The summed E-state index contributed by atoms with van der Waals surface area (Å²) >= 11 is 0. The van der Waals surface area contributed by atoms with E-state index in [-0.39, 0.29) is 78.6 Å². The summed E-state index contributed by atoms with van der Waals surface area (Å²) < 4.78 is 48.3. The van der Waals surface area contributed by atoms with Crippen molar-refractivity contribution in [3.63, 3.8) is 0 Å². The first-order chi connectivity index (χ1) is 61.6. The Labute approximate surface area is 758 Å². The van der Waals surface area contributed by atoms with Crippen LogP contribution >= 0.6 is 0 Å². The molecule has 0 aliphatic carbocycles. The van der Waals surface area contributed by atoms with Crippen LogP contribution in [0.2, 0.25) is 0 Å². The zero-order valence-corrected chi connectivity index (χ0v) is 77.9. The molecule has 4 fully saturated rings. The molecule has 14 rings (SSSR count). The second kappa shape index (κ2) is 51.4. The van der Waals surface area contributed by atoms with Crippen LogP contribution in [-0.4, -0.2) is 243 Å². The average Bonchev–Trinajstić information content (AvgIpc) is 1.61. The van der Waals surface area contributed by atoms with Crippen molar-refractivity contribution in [2.75, 3.05) is 149 Å². The van der Waals surface area contributed by atoms with Gasteiger partial charge in [0.2, 0.25) is 5.91 Å². The predicted octanol–water partition coefficient (Wildman–Crippen LogP) is 17.3. The number of likely N-dealkylation sites (N-methyl/N-ethyl adjacent to an activating group) is 3. The topological polar surface area (TPSA) is 266 Å². The Morgan fingerprint density at radius 3 is 1.14 bits per heavy atom. The molecular weight excluding hydrogens is 1620 g/mol. The Balaban J connectivity index is 0.000000207. The van der Waals surface area contributed by atoms with Crippen molar-refractivity contribution in [3.8, 4) is 51.7 Å². The summed E-state index contributed by atoms with van der Waals surface area (Å²) in [4.78, 5) is 72.5. The van der Waals surface area contributed by atoms with E-state index in [9.17, 15) is 44.4 Å². The fraction of sp³-hybridized carbons (Fsp3) is 0.433. The van der Waals surface area contributed by atoms with Crippen molar-refractivity contribution in [2.45, 2.75) is 127 Å². The van der Waals surface area contributed by atoms with E-state index in [1.54, 1.807) is 49.8 Å². The van der Waals surface area contributed by atoms with Crippen molar-refractivity contribution in [1.29, 1.82) is 0 Å². The summed E-state index contributed by atoms with van der Waals surface area (Å²) in [5, 5.41) is 39.2. The van der Waals surface area contributed by atoms with Gasteiger partial charge in [-0.25, -0.2) is 0 Å². The number of carboxylic acid groups (broad SMARTS) is 4. The van der Waals surface area contributed by atoms with Crippen LogP contribution in [0.25, 0.3) is 0 Å². The minimum absolute atomic E-state index is 0.0244. The van der Waals surface area contributed by atoms with Gasteiger partial charge in [-0.3, -0.25) is 28.9 Å². The van der Waals surface area contributed by atoms with Crippen LogP contribution in [0, 0.1) is 23.7 Å². The van der Waals surface area contributed by atoms with Crippen molar-refractivity contribution >= 4 is 35.5 Å². The highest BCUT2D eigenvalue weighted by molar-refractivity contribution is 5.95. The average molecular weight is 1760 g/mol. The first kappa shape index (κ1) is 102. The number of rotatable bonds is 30. The van der Waals surface area contributed by atoms with E-state index in [1.807, 2.05) is 259 Å². The Morgan fingerprint density at radius 1 is 0.414 bits per heavy atom. The van der Waals surface area contributed by atoms with Gasteiger partial charge in [0, 0.05) is 98.2 Å². The second-order valence-electron chi connectivity index (χ2n) is 33.8. The molecule has 5 aliphatic heterocycles. The summed E-state index contributed by atoms with van der Waals surface area (Å²) in [5.41, 5.74) is 7.38. The molecule has 12 atom stereocenters. The number of likely N-dealkylation sites (tertiary alicyclic amines) is 4. The van der Waals surface area contributed by atoms with Crippen molar-refractivity contribution in [1.82, 2.24) is 19.6 Å². The SMILES string of the molecule is CCCCN(C(=O)CN1C[C@H](c2ccc3c(c2)CCO3)[C@@H](C(=O)O)[C@@H]1CCOc1ccccc1OC)c1cccc(C[N+](C)(C)C)c1.CC[C@H]1[C@H](C(=O)O)[C@@H](c2ccc(OC)cc2)CN1C.CC[C@H]1[C@H](C(=O)O)[C@@H](c2ccc(OC)cc2)CN1C.CC[C@H]1[C@H](C(=O)O)[C@@H](c2ccc(OC)cc2)CN1C.COc1ccccc1.COc1ccccc1.COc1ccccc1. The van der Waals surface area contributed by atoms with E-state index >= 15 is 0 Å². The van der Waals surface area contributed by atoms with Crippen LogP contribution in [0.5, 0.6) is 51.7 Å². The fourth-order valence-corrected chi connectivity index (χ4v) is 18.2. The van der Waals surface area contributed by atoms with Gasteiger partial charge in [0.25, 0.3) is 0 Å². The highest BCUT2D eigenvalue weighted by atomic mass is 16.5. The highest BCUT2D eigenvalue weighted by Crippen LogP contribution is 2.45. The molecule has 0 radical (unpaired) electrons. The maximum absolute atomic E-state index is 14.3. The van der Waals surface area contributed by atoms with Crippen molar-refractivity contribution in [3.05, 3.63) is 264 Å². The Kier molecular flexibility index (Phi) is 40.8. The number of carboxylic acids is 4. The molecule has 5 aliphatic rings. The molecule has 1 amide bonds. The van der Waals surface area contributed by atoms with Gasteiger partial charge in [0.05, 0.1) is 114 Å². The Bertz CT molecular complexity index is 4520. The van der Waals surface area contributed by atoms with Crippen LogP contribution in [0.4, 0.5) is 5.69 Å². The fourth-order valence-electron chi connectivity index (χ4n) is 18.2. The lowest BCUT2D eigenvalue weighted by Gasteiger charge is -2.30. The molecule has 9 aromatic carbocycles. The van der Waals surface area contributed by atoms with Gasteiger partial charge >= 0.3 is 23.9 Å². The first-order valence-corrected chi connectivity index (χ1v) is 44.3. The number of benzene rings is 9. The standard InChI is InChI=1S/C38H49N3O6.3C15H21NO3.3C7H8O/c1-6-7-19-40(30-12-10-11-27(22-30)26-41(2,3)4)36(42)25-39-24-31(28-15-16-33-29(23-28)17-20-46-33)37(38(43)44)32(39)18-21-47-35-14-9-8-13-34(35)45-5;3*1-4-13-14(15(17)18)12(9-16(13)2)10-5-7-11(19-3)8-6-10;3*1-8-7-5-3-2-4-6-7/h8-16,22-23,31-32,37H,6-7,17-21,24-26H2,1-5H3;3*5-8,12-14H,4,9H2,1-3H3,(H,17,18);3*2-6H,1H3/p+1/t31-,32+,37-;3*12-,13+,14-;;;/m1111.../s1. The van der Waals surface area contributed by atoms with Gasteiger partial charge < -0.3 is 87.1 Å². The van der Waals surface area contributed by atoms with Gasteiger partial charge in [-0.1, -0.05) is 162 Å². The predicted molar refractivity (Wildman–Crippen MR) is 503 cm³/mol. The minimum atomic E-state index is -0.861. The van der Waals surface area contributed by atoms with E-state index in [0.29, 0.717) is 37.6 Å². The van der Waals surface area contributed by atoms with Crippen molar-refractivity contribution in [2.24, 2.45) is 23.7 Å². The van der Waals surface area contributed by atoms with Crippen LogP contribution in [0.1, 0.15) is 123 Å². The van der Waals surface area contributed by atoms with E-state index in [0.717, 1.165) is 143 Å². The molecule has 0 saturated carbocycles. The lowest BCUT2D eigenvalue weighted by atomic mass is 9.83. The smallest absolute Gasteiger partial charge is 0.308 e. The number of unbranched alkanes of at least 4 members (excludes halogenated alkanes) is 1. The lowest BCUT2D eigenvalue weighted by Crippen LogP contribution is -2.45. The molecule has 4 N–H and O–H groups in total. The third-order valence-corrected chi connectivity index (χ3v) is 24.5. The normalized spacial score (nSPS) is 20.9. The molecule has 4 saturated heterocycles. The number of aliphatic carboxylic acids is 4. The quantitative estimate of drug-likeness (QED) is 0.0305. The summed E-state index contributed by atoms with van der Waals surface area (Å²) in [5.74, 6) is 2.44. The number of carbonyl (C=O) groups is 5. The molecule has 9 aromatic rings. The van der Waals surface area contributed by atoms with Crippen LogP contribution in [-0.2, 0) is 36.9 Å². The van der Waals surface area contributed by atoms with Gasteiger partial charge in [0.15, 0.2) is 11.5 Å². The van der Waals surface area contributed by atoms with E-state index in [1.165, 1.54) is 5.56 Å². The molecule has 0 aromatic heterocycles. The highest BCUT2D eigenvalue weighted by Gasteiger charge is 2.49. The molecule has 690 valence electrons. The summed E-state index contributed by atoms with van der Waals surface area (Å²) in [6, 6.07) is 74.0. The lowest BCUT2D eigenvalue weighted by molar-refractivity contribution is -0.884. The number of carbonyl (C=O) groups excluding carboxylic acids is 1. The molecule has 24 nitrogen and oxygen atoms in total. The molecule has 128 heavy (non-hydrogen) atoms. The number of para-hydroxylation sites is 5. The number of nitrogens with zero attached hydrogens (tertiary/aromatic N) is 6. The van der Waals surface area contributed by atoms with Crippen LogP contribution < -0.4 is 47.5 Å². The maximum Gasteiger partial charge on any atom is 0.308 e. The molecule has 0 bridgehead atoms. The van der Waals surface area contributed by atoms with E-state index in [2.05, 4.69) is 65.9 Å². The van der Waals surface area contributed by atoms with Gasteiger partial charge in [-0.15, -0.1) is 0 Å². The number of methoxy groups -OCH3 is 7. The summed E-state index contributed by atoms with van der Waals surface area (Å²) in [7, 11) is 24.0. The third-order valence-electron chi connectivity index (χ3n) is 24.5. The second-order valence-corrected chi connectivity index (χ2v) is 33.8. The number of fused-ring (bicyclic) bond motifs is 1. The number of ether oxygens (including phenoxy) is 9. The zero-order valence-electron chi connectivity index (χ0n) is 77.9. The largest absolute Gasteiger partial charge is 0.497 e. The van der Waals surface area contributed by atoms with Gasteiger partial charge in [0.1, 0.15) is 46.8 Å². The van der Waals surface area contributed by atoms with E-state index < -0.39 is 35.8 Å². The van der Waals surface area contributed by atoms with Gasteiger partial charge in [-0.05, 0) is 184 Å². The zero-order chi connectivity index (χ0) is 93.0. The number of hydrogen-bond acceptors (Lipinski definition) is 18. The van der Waals surface area contributed by atoms with Crippen LogP contribution in [0.15, 0.2) is 231 Å². The number of amides is 1. The van der Waals surface area contributed by atoms with E-state index in [4.69, 9.17) is 42.6 Å². The van der Waals surface area contributed by atoms with Crippen LogP contribution in [0.3, 0.4) is 0 Å². The Hall–Kier alpha value is -11.7. The van der Waals surface area contributed by atoms with Gasteiger partial charge in [-0.2, -0.15) is 0 Å². The monoisotopic (exact) mass is 1760 g/mol. The molecule has 24 heteroatoms. The number of quaternary nitrogens is 1. The molecule has 0 spiro atoms. The third kappa shape index (κ3) is 28.9. The summed E-state index contributed by atoms with van der Waals surface area (Å²) in [6.07, 6.45) is 5.67. The molecule has 5 heterocycles.